The van der Waals surface area contributed by atoms with Crippen LogP contribution in [0.25, 0.3) is 55.0 Å². The third-order valence-corrected chi connectivity index (χ3v) is 11.3. The zero-order valence-electron chi connectivity index (χ0n) is 30.1. The van der Waals surface area contributed by atoms with Crippen LogP contribution >= 0.6 is 0 Å². The molecule has 8 aromatic carbocycles. The molecule has 1 aliphatic heterocycles. The summed E-state index contributed by atoms with van der Waals surface area (Å²) in [6.45, 7) is 0. The molecule has 3 nitrogen and oxygen atoms in total. The van der Waals surface area contributed by atoms with Crippen molar-refractivity contribution in [3.63, 3.8) is 0 Å². The number of allylic oxidation sites excluding steroid dienone is 4. The summed E-state index contributed by atoms with van der Waals surface area (Å²) >= 11 is 0. The molecule has 0 amide bonds. The molecule has 0 unspecified atom stereocenters. The first-order valence-electron chi connectivity index (χ1n) is 19.0. The summed E-state index contributed by atoms with van der Waals surface area (Å²) in [5.41, 5.74) is 12.9. The minimum atomic E-state index is 0.283. The van der Waals surface area contributed by atoms with E-state index in [1.165, 1.54) is 60.4 Å². The van der Waals surface area contributed by atoms with E-state index in [4.69, 9.17) is 4.74 Å². The van der Waals surface area contributed by atoms with Crippen LogP contribution in [0.2, 0.25) is 0 Å². The van der Waals surface area contributed by atoms with Crippen molar-refractivity contribution in [3.05, 3.63) is 217 Å². The Morgan fingerprint density at radius 2 is 1.18 bits per heavy atom. The van der Waals surface area contributed by atoms with Crippen molar-refractivity contribution >= 4 is 55.2 Å². The second-order valence-corrected chi connectivity index (χ2v) is 14.5. The first-order valence-corrected chi connectivity index (χ1v) is 19.0. The fourth-order valence-corrected chi connectivity index (χ4v) is 8.74. The number of anilines is 3. The Kier molecular flexibility index (Phi) is 7.31. The molecule has 0 saturated carbocycles. The zero-order chi connectivity index (χ0) is 36.3. The fourth-order valence-electron chi connectivity index (χ4n) is 8.74. The molecule has 0 saturated heterocycles. The van der Waals surface area contributed by atoms with Gasteiger partial charge in [0.15, 0.2) is 0 Å². The van der Waals surface area contributed by atoms with Crippen LogP contribution in [-0.4, -0.2) is 4.57 Å². The van der Waals surface area contributed by atoms with Crippen LogP contribution < -0.4 is 9.64 Å². The van der Waals surface area contributed by atoms with E-state index in [-0.39, 0.29) is 5.92 Å². The lowest BCUT2D eigenvalue weighted by atomic mass is 9.87. The van der Waals surface area contributed by atoms with Gasteiger partial charge in [0.05, 0.1) is 16.7 Å². The smallest absolute Gasteiger partial charge is 0.130 e. The second kappa shape index (κ2) is 12.8. The lowest BCUT2D eigenvalue weighted by Crippen LogP contribution is -2.10. The molecule has 11 rings (SSSR count). The maximum atomic E-state index is 6.44. The standard InChI is InChI=1S/C52H36N2O/c1-2-14-39(15-3-1)53(48-22-10-13-36-12-4-5-16-42(36)48)40-29-24-35(25-30-40)38-28-33-50-47(34-38)44-17-6-8-21-49(44)54(50)41-31-26-37(27-32-41)43-19-11-20-46-45-18-7-9-23-51(45)55-52(43)46/h1-19,21-34,46H,20H2/t46-/m0/s1. The van der Waals surface area contributed by atoms with Crippen molar-refractivity contribution in [3.8, 4) is 22.6 Å². The van der Waals surface area contributed by atoms with Crippen LogP contribution in [0.4, 0.5) is 17.1 Å². The summed E-state index contributed by atoms with van der Waals surface area (Å²) in [6.07, 6.45) is 5.48. The molecule has 1 atom stereocenters. The van der Waals surface area contributed by atoms with E-state index in [9.17, 15) is 0 Å². The summed E-state index contributed by atoms with van der Waals surface area (Å²) in [7, 11) is 0. The summed E-state index contributed by atoms with van der Waals surface area (Å²) in [4.78, 5) is 2.36. The SMILES string of the molecule is C1=CC(c2ccc(-n3c4ccccc4c4cc(-c5ccc(N(c6ccccc6)c6cccc7ccccc67)cc5)ccc43)cc2)=C2Oc3ccccc3[C@@H]2C1. The molecular formula is C52H36N2O. The maximum Gasteiger partial charge on any atom is 0.130 e. The minimum absolute atomic E-state index is 0.283. The van der Waals surface area contributed by atoms with Crippen molar-refractivity contribution < 1.29 is 4.74 Å². The molecule has 2 aliphatic rings. The average Bonchev–Trinajstić information content (AvgIpc) is 3.80. The third-order valence-electron chi connectivity index (χ3n) is 11.3. The Bertz CT molecular complexity index is 2960. The highest BCUT2D eigenvalue weighted by Crippen LogP contribution is 2.48. The molecule has 1 aliphatic carbocycles. The topological polar surface area (TPSA) is 17.4 Å². The van der Waals surface area contributed by atoms with Gasteiger partial charge in [0, 0.05) is 50.3 Å². The minimum Gasteiger partial charge on any atom is -0.460 e. The summed E-state index contributed by atoms with van der Waals surface area (Å²) in [5.74, 6) is 2.33. The number of para-hydroxylation sites is 3. The number of nitrogens with zero attached hydrogens (tertiary/aromatic N) is 2. The molecule has 3 heteroatoms. The molecule has 0 fully saturated rings. The summed E-state index contributed by atoms with van der Waals surface area (Å²) in [6, 6.07) is 67.8. The van der Waals surface area contributed by atoms with Gasteiger partial charge in [-0.1, -0.05) is 133 Å². The Morgan fingerprint density at radius 1 is 0.509 bits per heavy atom. The molecular weight excluding hydrogens is 669 g/mol. The van der Waals surface area contributed by atoms with Crippen molar-refractivity contribution in [2.45, 2.75) is 12.3 Å². The third kappa shape index (κ3) is 5.20. The molecule has 1 aromatic heterocycles. The molecule has 9 aromatic rings. The van der Waals surface area contributed by atoms with Crippen LogP contribution in [-0.2, 0) is 0 Å². The van der Waals surface area contributed by atoms with Crippen LogP contribution in [0, 0.1) is 0 Å². The zero-order valence-corrected chi connectivity index (χ0v) is 30.1. The van der Waals surface area contributed by atoms with Gasteiger partial charge < -0.3 is 14.2 Å². The maximum absolute atomic E-state index is 6.44. The first-order chi connectivity index (χ1) is 27.3. The van der Waals surface area contributed by atoms with Crippen molar-refractivity contribution in [2.24, 2.45) is 0 Å². The summed E-state index contributed by atoms with van der Waals surface area (Å²) in [5, 5.41) is 4.93. The van der Waals surface area contributed by atoms with Crippen LogP contribution in [0.15, 0.2) is 206 Å². The number of hydrogen-bond acceptors (Lipinski definition) is 2. The van der Waals surface area contributed by atoms with Crippen LogP contribution in [0.1, 0.15) is 23.5 Å². The van der Waals surface area contributed by atoms with Gasteiger partial charge in [0.1, 0.15) is 11.5 Å². The fraction of sp³-hybridized carbons (Fsp3) is 0.0385. The highest BCUT2D eigenvalue weighted by atomic mass is 16.5. The van der Waals surface area contributed by atoms with Crippen molar-refractivity contribution in [2.75, 3.05) is 4.90 Å². The lowest BCUT2D eigenvalue weighted by Gasteiger charge is -2.27. The number of benzene rings is 8. The second-order valence-electron chi connectivity index (χ2n) is 14.5. The van der Waals surface area contributed by atoms with Gasteiger partial charge in [-0.2, -0.15) is 0 Å². The number of fused-ring (bicyclic) bond motifs is 7. The predicted molar refractivity (Wildman–Crippen MR) is 229 cm³/mol. The average molecular weight is 705 g/mol. The molecule has 0 spiro atoms. The van der Waals surface area contributed by atoms with E-state index in [0.717, 1.165) is 40.7 Å². The Hall–Kier alpha value is -7.10. The molecule has 55 heavy (non-hydrogen) atoms. The Labute approximate surface area is 320 Å². The van der Waals surface area contributed by atoms with Crippen molar-refractivity contribution in [1.29, 1.82) is 0 Å². The number of rotatable bonds is 6. The van der Waals surface area contributed by atoms with Crippen LogP contribution in [0.3, 0.4) is 0 Å². The monoisotopic (exact) mass is 704 g/mol. The Morgan fingerprint density at radius 3 is 2.05 bits per heavy atom. The number of ether oxygens (including phenoxy) is 1. The van der Waals surface area contributed by atoms with Gasteiger partial charge >= 0.3 is 0 Å². The Balaban J connectivity index is 0.957. The quantitative estimate of drug-likeness (QED) is 0.171. The number of aromatic nitrogens is 1. The van der Waals surface area contributed by atoms with E-state index in [1.54, 1.807) is 0 Å². The predicted octanol–water partition coefficient (Wildman–Crippen LogP) is 13.9. The van der Waals surface area contributed by atoms with Crippen LogP contribution in [0.5, 0.6) is 5.75 Å². The normalized spacial score (nSPS) is 14.7. The van der Waals surface area contributed by atoms with E-state index < -0.39 is 0 Å². The molecule has 0 radical (unpaired) electrons. The highest BCUT2D eigenvalue weighted by molar-refractivity contribution is 6.10. The largest absolute Gasteiger partial charge is 0.460 e. The van der Waals surface area contributed by atoms with E-state index >= 15 is 0 Å². The first kappa shape index (κ1) is 31.4. The van der Waals surface area contributed by atoms with E-state index in [1.807, 2.05) is 0 Å². The van der Waals surface area contributed by atoms with E-state index in [0.29, 0.717) is 0 Å². The number of hydrogen-bond donors (Lipinski definition) is 0. The molecule has 0 N–H and O–H groups in total. The van der Waals surface area contributed by atoms with E-state index in [2.05, 4.69) is 210 Å². The molecule has 260 valence electrons. The highest BCUT2D eigenvalue weighted by Gasteiger charge is 2.32. The van der Waals surface area contributed by atoms with Gasteiger partial charge in [-0.15, -0.1) is 0 Å². The van der Waals surface area contributed by atoms with Gasteiger partial charge in [-0.25, -0.2) is 0 Å². The molecule has 2 heterocycles. The van der Waals surface area contributed by atoms with Gasteiger partial charge in [0.2, 0.25) is 0 Å². The van der Waals surface area contributed by atoms with Gasteiger partial charge in [-0.3, -0.25) is 0 Å². The van der Waals surface area contributed by atoms with Gasteiger partial charge in [0.25, 0.3) is 0 Å². The van der Waals surface area contributed by atoms with Gasteiger partial charge in [-0.05, 0) is 95.2 Å². The molecule has 0 bridgehead atoms. The van der Waals surface area contributed by atoms with Crippen molar-refractivity contribution in [1.82, 2.24) is 4.57 Å². The lowest BCUT2D eigenvalue weighted by molar-refractivity contribution is 0.429. The summed E-state index contributed by atoms with van der Waals surface area (Å²) < 4.78 is 8.83.